The summed E-state index contributed by atoms with van der Waals surface area (Å²) < 4.78 is 30.9. The quantitative estimate of drug-likeness (QED) is 0.693. The van der Waals surface area contributed by atoms with Crippen molar-refractivity contribution in [2.75, 3.05) is 30.0 Å². The number of benzene rings is 1. The lowest BCUT2D eigenvalue weighted by atomic mass is 10.2. The van der Waals surface area contributed by atoms with Crippen molar-refractivity contribution >= 4 is 33.4 Å². The van der Waals surface area contributed by atoms with Crippen molar-refractivity contribution in [2.24, 2.45) is 0 Å². The zero-order valence-corrected chi connectivity index (χ0v) is 17.3. The van der Waals surface area contributed by atoms with Crippen LogP contribution in [0.2, 0.25) is 0 Å². The maximum atomic E-state index is 12.4. The van der Waals surface area contributed by atoms with Gasteiger partial charge in [-0.05, 0) is 19.1 Å². The number of sulfonamides is 1. The van der Waals surface area contributed by atoms with Gasteiger partial charge >= 0.3 is 0 Å². The number of nitrogens with zero attached hydrogens (tertiary/aromatic N) is 1. The highest BCUT2D eigenvalue weighted by atomic mass is 32.2. The molecule has 0 bridgehead atoms. The molecule has 1 amide bonds. The molecule has 25 heavy (non-hydrogen) atoms. The van der Waals surface area contributed by atoms with E-state index < -0.39 is 16.1 Å². The van der Waals surface area contributed by atoms with Gasteiger partial charge in [-0.3, -0.25) is 9.10 Å². The molecule has 1 rings (SSSR count). The predicted molar refractivity (Wildman–Crippen MR) is 105 cm³/mol. The Morgan fingerprint density at radius 3 is 2.52 bits per heavy atom. The third kappa shape index (κ3) is 7.15. The monoisotopic (exact) mass is 388 g/mol. The Balaban J connectivity index is 2.87. The van der Waals surface area contributed by atoms with Crippen LogP contribution in [0.3, 0.4) is 0 Å². The zero-order chi connectivity index (χ0) is 19.3. The molecule has 1 N–H and O–H groups in total. The van der Waals surface area contributed by atoms with Gasteiger partial charge in [0.25, 0.3) is 0 Å². The second-order valence-corrected chi connectivity index (χ2v) is 10.5. The van der Waals surface area contributed by atoms with Gasteiger partial charge in [-0.25, -0.2) is 8.42 Å². The largest absolute Gasteiger partial charge is 0.497 e. The number of hydrogen-bond donors (Lipinski definition) is 1. The number of hydrogen-bond acceptors (Lipinski definition) is 5. The van der Waals surface area contributed by atoms with Gasteiger partial charge in [0.15, 0.2) is 0 Å². The molecular weight excluding hydrogens is 360 g/mol. The van der Waals surface area contributed by atoms with Crippen molar-refractivity contribution in [1.82, 2.24) is 5.32 Å². The average Bonchev–Trinajstić information content (AvgIpc) is 2.49. The maximum absolute atomic E-state index is 12.4. The molecule has 0 heterocycles. The number of amides is 1. The molecule has 1 atom stereocenters. The van der Waals surface area contributed by atoms with Gasteiger partial charge in [-0.2, -0.15) is 11.8 Å². The third-order valence-electron chi connectivity index (χ3n) is 3.33. The number of carbonyl (C=O) groups excluding carboxylic acids is 1. The fourth-order valence-corrected chi connectivity index (χ4v) is 4.22. The minimum absolute atomic E-state index is 0.121. The Morgan fingerprint density at radius 1 is 1.36 bits per heavy atom. The SMILES string of the molecule is COc1cccc(N(C(C)C(=O)NCCSC(C)(C)C)S(C)(=O)=O)c1. The molecule has 0 aliphatic rings. The van der Waals surface area contributed by atoms with Crippen molar-refractivity contribution in [3.63, 3.8) is 0 Å². The highest BCUT2D eigenvalue weighted by molar-refractivity contribution is 8.00. The topological polar surface area (TPSA) is 75.7 Å². The average molecular weight is 389 g/mol. The van der Waals surface area contributed by atoms with Crippen LogP contribution in [-0.4, -0.2) is 50.8 Å². The number of thioether (sulfide) groups is 1. The maximum Gasteiger partial charge on any atom is 0.243 e. The van der Waals surface area contributed by atoms with Crippen LogP contribution in [0.15, 0.2) is 24.3 Å². The van der Waals surface area contributed by atoms with Gasteiger partial charge in [0.05, 0.1) is 19.1 Å². The number of nitrogens with one attached hydrogen (secondary N) is 1. The molecule has 1 aromatic carbocycles. The molecule has 0 saturated heterocycles. The minimum Gasteiger partial charge on any atom is -0.497 e. The van der Waals surface area contributed by atoms with E-state index in [0.717, 1.165) is 16.3 Å². The number of methoxy groups -OCH3 is 1. The summed E-state index contributed by atoms with van der Waals surface area (Å²) in [6.07, 6.45) is 1.09. The molecule has 0 radical (unpaired) electrons. The Morgan fingerprint density at radius 2 is 2.00 bits per heavy atom. The molecular formula is C17H28N2O4S2. The van der Waals surface area contributed by atoms with Gasteiger partial charge < -0.3 is 10.1 Å². The minimum atomic E-state index is -3.63. The van der Waals surface area contributed by atoms with E-state index in [2.05, 4.69) is 26.1 Å². The zero-order valence-electron chi connectivity index (χ0n) is 15.7. The van der Waals surface area contributed by atoms with Crippen LogP contribution < -0.4 is 14.4 Å². The smallest absolute Gasteiger partial charge is 0.243 e. The van der Waals surface area contributed by atoms with Crippen LogP contribution in [0.25, 0.3) is 0 Å². The van der Waals surface area contributed by atoms with Crippen LogP contribution in [0.5, 0.6) is 5.75 Å². The first-order valence-electron chi connectivity index (χ1n) is 8.01. The molecule has 1 unspecified atom stereocenters. The first-order valence-corrected chi connectivity index (χ1v) is 10.8. The Labute approximate surface area is 155 Å². The van der Waals surface area contributed by atoms with Crippen LogP contribution in [0.1, 0.15) is 27.7 Å². The fourth-order valence-electron chi connectivity index (χ4n) is 2.24. The molecule has 6 nitrogen and oxygen atoms in total. The van der Waals surface area contributed by atoms with Crippen LogP contribution in [0, 0.1) is 0 Å². The van der Waals surface area contributed by atoms with E-state index in [-0.39, 0.29) is 10.7 Å². The van der Waals surface area contributed by atoms with Gasteiger partial charge in [-0.1, -0.05) is 26.8 Å². The van der Waals surface area contributed by atoms with E-state index in [0.29, 0.717) is 18.0 Å². The van der Waals surface area contributed by atoms with Crippen molar-refractivity contribution in [3.8, 4) is 5.75 Å². The molecule has 0 fully saturated rings. The molecule has 1 aromatic rings. The van der Waals surface area contributed by atoms with Crippen LogP contribution in [0.4, 0.5) is 5.69 Å². The fraction of sp³-hybridized carbons (Fsp3) is 0.588. The summed E-state index contributed by atoms with van der Waals surface area (Å²) in [5.74, 6) is 0.961. The van der Waals surface area contributed by atoms with Crippen LogP contribution >= 0.6 is 11.8 Å². The van der Waals surface area contributed by atoms with E-state index in [4.69, 9.17) is 4.74 Å². The van der Waals surface area contributed by atoms with E-state index in [9.17, 15) is 13.2 Å². The predicted octanol–water partition coefficient (Wildman–Crippen LogP) is 2.50. The van der Waals surface area contributed by atoms with Gasteiger partial charge in [-0.15, -0.1) is 0 Å². The first-order chi connectivity index (χ1) is 11.5. The summed E-state index contributed by atoms with van der Waals surface area (Å²) in [4.78, 5) is 12.4. The Hall–Kier alpha value is -1.41. The summed E-state index contributed by atoms with van der Waals surface area (Å²) in [6.45, 7) is 8.39. The number of carbonyl (C=O) groups is 1. The summed E-state index contributed by atoms with van der Waals surface area (Å²) >= 11 is 1.74. The Bertz CT molecular complexity index is 684. The number of anilines is 1. The van der Waals surface area contributed by atoms with Crippen molar-refractivity contribution < 1.29 is 17.9 Å². The molecule has 8 heteroatoms. The standard InChI is InChI=1S/C17H28N2O4S2/c1-13(16(20)18-10-11-24-17(2,3)4)19(25(6,21)22)14-8-7-9-15(12-14)23-5/h7-9,12-13H,10-11H2,1-6H3,(H,18,20). The summed E-state index contributed by atoms with van der Waals surface area (Å²) in [5.41, 5.74) is 0.397. The number of rotatable bonds is 8. The van der Waals surface area contributed by atoms with Gasteiger partial charge in [0, 0.05) is 23.1 Å². The van der Waals surface area contributed by atoms with E-state index >= 15 is 0 Å². The summed E-state index contributed by atoms with van der Waals surface area (Å²) in [5, 5.41) is 2.81. The van der Waals surface area contributed by atoms with Crippen LogP contribution in [-0.2, 0) is 14.8 Å². The first kappa shape index (κ1) is 21.6. The molecule has 0 saturated carbocycles. The molecule has 0 aliphatic carbocycles. The third-order valence-corrected chi connectivity index (χ3v) is 5.85. The molecule has 0 aromatic heterocycles. The normalized spacial score (nSPS) is 13.2. The lowest BCUT2D eigenvalue weighted by Crippen LogP contribution is -2.48. The number of ether oxygens (including phenoxy) is 1. The second-order valence-electron chi connectivity index (χ2n) is 6.69. The highest BCUT2D eigenvalue weighted by Gasteiger charge is 2.29. The Kier molecular flexibility index (Phi) is 7.62. The molecule has 0 spiro atoms. The van der Waals surface area contributed by atoms with Crippen molar-refractivity contribution in [3.05, 3.63) is 24.3 Å². The highest BCUT2D eigenvalue weighted by Crippen LogP contribution is 2.25. The lowest BCUT2D eigenvalue weighted by Gasteiger charge is -2.28. The van der Waals surface area contributed by atoms with Gasteiger partial charge in [0.2, 0.25) is 15.9 Å². The van der Waals surface area contributed by atoms with E-state index in [1.807, 2.05) is 0 Å². The molecule has 0 aliphatic heterocycles. The molecule has 142 valence electrons. The van der Waals surface area contributed by atoms with E-state index in [1.54, 1.807) is 43.0 Å². The lowest BCUT2D eigenvalue weighted by molar-refractivity contribution is -0.121. The van der Waals surface area contributed by atoms with Crippen molar-refractivity contribution in [1.29, 1.82) is 0 Å². The van der Waals surface area contributed by atoms with Gasteiger partial charge in [0.1, 0.15) is 11.8 Å². The second kappa shape index (κ2) is 8.80. The van der Waals surface area contributed by atoms with Crippen molar-refractivity contribution in [2.45, 2.75) is 38.5 Å². The van der Waals surface area contributed by atoms with E-state index in [1.165, 1.54) is 7.11 Å². The summed E-state index contributed by atoms with van der Waals surface area (Å²) in [6, 6.07) is 5.79. The summed E-state index contributed by atoms with van der Waals surface area (Å²) in [7, 11) is -2.12.